The van der Waals surface area contributed by atoms with Crippen LogP contribution in [0, 0.1) is 5.92 Å². The van der Waals surface area contributed by atoms with E-state index in [9.17, 15) is 9.59 Å². The Morgan fingerprint density at radius 2 is 2.19 bits per heavy atom. The number of thiophene rings is 1. The quantitative estimate of drug-likeness (QED) is 0.814. The molecule has 0 bridgehead atoms. The molecule has 21 heavy (non-hydrogen) atoms. The molecule has 1 aliphatic rings. The highest BCUT2D eigenvalue weighted by atomic mass is 32.1. The van der Waals surface area contributed by atoms with Crippen molar-refractivity contribution in [2.24, 2.45) is 5.92 Å². The number of carbonyl (C=O) groups excluding carboxylic acids is 1. The van der Waals surface area contributed by atoms with Crippen molar-refractivity contribution >= 4 is 29.3 Å². The fraction of sp³-hybridized carbons (Fsp3) is 0.467. The van der Waals surface area contributed by atoms with E-state index in [2.05, 4.69) is 10.2 Å². The second-order valence-corrected chi connectivity index (χ2v) is 6.14. The number of piperidine rings is 1. The van der Waals surface area contributed by atoms with Crippen molar-refractivity contribution < 1.29 is 14.7 Å². The Labute approximate surface area is 128 Å². The Hall–Kier alpha value is -1.66. The largest absolute Gasteiger partial charge is 0.478 e. The van der Waals surface area contributed by atoms with Gasteiger partial charge in [0.2, 0.25) is 5.91 Å². The lowest BCUT2D eigenvalue weighted by Crippen LogP contribution is -2.39. The van der Waals surface area contributed by atoms with E-state index < -0.39 is 5.97 Å². The summed E-state index contributed by atoms with van der Waals surface area (Å²) in [5, 5.41) is 13.4. The molecule has 2 heterocycles. The monoisotopic (exact) mass is 308 g/mol. The fourth-order valence-electron chi connectivity index (χ4n) is 2.55. The molecule has 2 rings (SSSR count). The summed E-state index contributed by atoms with van der Waals surface area (Å²) in [6, 6.07) is 1.94. The van der Waals surface area contributed by atoms with Gasteiger partial charge in [-0.3, -0.25) is 9.69 Å². The van der Waals surface area contributed by atoms with Crippen molar-refractivity contribution in [1.29, 1.82) is 0 Å². The molecule has 1 fully saturated rings. The van der Waals surface area contributed by atoms with Gasteiger partial charge in [0.1, 0.15) is 0 Å². The van der Waals surface area contributed by atoms with Crippen LogP contribution in [0.15, 0.2) is 17.5 Å². The molecule has 0 aliphatic carbocycles. The summed E-state index contributed by atoms with van der Waals surface area (Å²) in [6.45, 7) is 2.62. The summed E-state index contributed by atoms with van der Waals surface area (Å²) in [5.41, 5.74) is 0.968. The smallest absolute Gasteiger partial charge is 0.328 e. The molecular formula is C15H20N2O3S. The van der Waals surface area contributed by atoms with E-state index >= 15 is 0 Å². The molecule has 1 amide bonds. The highest BCUT2D eigenvalue weighted by Gasteiger charge is 2.24. The third-order valence-electron chi connectivity index (χ3n) is 3.76. The Bertz CT molecular complexity index is 531. The average molecular weight is 308 g/mol. The van der Waals surface area contributed by atoms with Crippen molar-refractivity contribution in [2.75, 3.05) is 20.1 Å². The number of nitrogens with zero attached hydrogens (tertiary/aromatic N) is 1. The van der Waals surface area contributed by atoms with Crippen LogP contribution in [0.2, 0.25) is 0 Å². The van der Waals surface area contributed by atoms with E-state index in [0.29, 0.717) is 0 Å². The van der Waals surface area contributed by atoms with Crippen LogP contribution >= 0.6 is 11.3 Å². The second kappa shape index (κ2) is 7.38. The summed E-state index contributed by atoms with van der Waals surface area (Å²) in [7, 11) is 1.68. The molecule has 0 unspecified atom stereocenters. The molecule has 1 aromatic rings. The lowest BCUT2D eigenvalue weighted by molar-refractivity contribution is -0.131. The van der Waals surface area contributed by atoms with Gasteiger partial charge in [-0.05, 0) is 49.0 Å². The zero-order chi connectivity index (χ0) is 15.2. The van der Waals surface area contributed by atoms with Gasteiger partial charge >= 0.3 is 5.97 Å². The van der Waals surface area contributed by atoms with Crippen LogP contribution in [-0.2, 0) is 16.1 Å². The van der Waals surface area contributed by atoms with Gasteiger partial charge < -0.3 is 10.4 Å². The number of nitrogens with one attached hydrogen (secondary N) is 1. The summed E-state index contributed by atoms with van der Waals surface area (Å²) < 4.78 is 0. The van der Waals surface area contributed by atoms with Gasteiger partial charge in [0.05, 0.1) is 0 Å². The van der Waals surface area contributed by atoms with Gasteiger partial charge in [0.25, 0.3) is 0 Å². The topological polar surface area (TPSA) is 69.6 Å². The number of carboxylic acids is 1. The highest BCUT2D eigenvalue weighted by molar-refractivity contribution is 7.10. The Morgan fingerprint density at radius 1 is 1.48 bits per heavy atom. The molecule has 114 valence electrons. The molecule has 0 aromatic carbocycles. The number of likely N-dealkylation sites (tertiary alicyclic amines) is 1. The molecule has 5 nitrogen and oxygen atoms in total. The van der Waals surface area contributed by atoms with Gasteiger partial charge in [-0.15, -0.1) is 11.3 Å². The van der Waals surface area contributed by atoms with E-state index in [1.165, 1.54) is 11.0 Å². The number of carbonyl (C=O) groups is 2. The first-order chi connectivity index (χ1) is 10.1. The molecule has 6 heteroatoms. The Balaban J connectivity index is 1.91. The molecule has 0 saturated carbocycles. The number of hydrogen-bond acceptors (Lipinski definition) is 4. The van der Waals surface area contributed by atoms with Crippen LogP contribution in [0.5, 0.6) is 0 Å². The van der Waals surface area contributed by atoms with Crippen molar-refractivity contribution in [1.82, 2.24) is 10.2 Å². The third kappa shape index (κ3) is 4.41. The number of rotatable bonds is 5. The van der Waals surface area contributed by atoms with Crippen molar-refractivity contribution in [3.05, 3.63) is 28.0 Å². The van der Waals surface area contributed by atoms with Crippen LogP contribution in [0.25, 0.3) is 6.08 Å². The third-order valence-corrected chi connectivity index (χ3v) is 4.68. The van der Waals surface area contributed by atoms with Gasteiger partial charge in [0, 0.05) is 30.5 Å². The number of hydrogen-bond donors (Lipinski definition) is 2. The van der Waals surface area contributed by atoms with Crippen LogP contribution in [0.1, 0.15) is 23.3 Å². The first kappa shape index (κ1) is 15.7. The number of amides is 1. The van der Waals surface area contributed by atoms with Crippen LogP contribution in [0.4, 0.5) is 0 Å². The van der Waals surface area contributed by atoms with E-state index in [-0.39, 0.29) is 11.8 Å². The lowest BCUT2D eigenvalue weighted by Gasteiger charge is -2.30. The first-order valence-electron chi connectivity index (χ1n) is 7.01. The van der Waals surface area contributed by atoms with Crippen molar-refractivity contribution in [3.8, 4) is 0 Å². The molecule has 1 aliphatic heterocycles. The first-order valence-corrected chi connectivity index (χ1v) is 7.89. The Kier molecular flexibility index (Phi) is 5.52. The maximum atomic E-state index is 11.6. The molecule has 0 atom stereocenters. The number of aliphatic carboxylic acids is 1. The van der Waals surface area contributed by atoms with Gasteiger partial charge in [0.15, 0.2) is 0 Å². The predicted octanol–water partition coefficient (Wildman–Crippen LogP) is 1.80. The maximum Gasteiger partial charge on any atom is 0.328 e. The predicted molar refractivity (Wildman–Crippen MR) is 83.1 cm³/mol. The zero-order valence-corrected chi connectivity index (χ0v) is 12.9. The Morgan fingerprint density at radius 3 is 2.81 bits per heavy atom. The minimum atomic E-state index is -0.932. The maximum absolute atomic E-state index is 11.6. The lowest BCUT2D eigenvalue weighted by atomic mass is 9.96. The summed E-state index contributed by atoms with van der Waals surface area (Å²) in [5.74, 6) is -0.671. The molecule has 0 radical (unpaired) electrons. The van der Waals surface area contributed by atoms with E-state index in [4.69, 9.17) is 5.11 Å². The zero-order valence-electron chi connectivity index (χ0n) is 12.0. The number of carboxylic acid groups (broad SMARTS) is 1. The van der Waals surface area contributed by atoms with Crippen molar-refractivity contribution in [2.45, 2.75) is 19.4 Å². The molecule has 2 N–H and O–H groups in total. The van der Waals surface area contributed by atoms with Crippen LogP contribution in [0.3, 0.4) is 0 Å². The molecular weight excluding hydrogens is 288 g/mol. The van der Waals surface area contributed by atoms with E-state index in [1.807, 2.05) is 11.4 Å². The van der Waals surface area contributed by atoms with Gasteiger partial charge in [-0.1, -0.05) is 0 Å². The van der Waals surface area contributed by atoms with E-state index in [0.717, 1.165) is 38.0 Å². The normalized spacial score (nSPS) is 17.2. The highest BCUT2D eigenvalue weighted by Crippen LogP contribution is 2.24. The van der Waals surface area contributed by atoms with Crippen molar-refractivity contribution in [3.63, 3.8) is 0 Å². The van der Waals surface area contributed by atoms with Crippen LogP contribution < -0.4 is 5.32 Å². The standard InChI is InChI=1S/C15H20N2O3S/c1-16-15(20)12-4-7-17(8-5-12)10-13-11(6-9-21-13)2-3-14(18)19/h2-3,6,9,12H,4-5,7-8,10H2,1H3,(H,16,20)(H,18,19). The summed E-state index contributed by atoms with van der Waals surface area (Å²) in [6.07, 6.45) is 4.57. The van der Waals surface area contributed by atoms with Gasteiger partial charge in [-0.25, -0.2) is 4.79 Å². The SMILES string of the molecule is CNC(=O)C1CCN(Cc2sccc2C=CC(=O)O)CC1. The fourth-order valence-corrected chi connectivity index (χ4v) is 3.46. The van der Waals surface area contributed by atoms with Gasteiger partial charge in [-0.2, -0.15) is 0 Å². The molecule has 1 aromatic heterocycles. The minimum Gasteiger partial charge on any atom is -0.478 e. The van der Waals surface area contributed by atoms with Crippen LogP contribution in [-0.4, -0.2) is 42.0 Å². The summed E-state index contributed by atoms with van der Waals surface area (Å²) >= 11 is 1.64. The second-order valence-electron chi connectivity index (χ2n) is 5.14. The molecule has 1 saturated heterocycles. The minimum absolute atomic E-state index is 0.126. The van der Waals surface area contributed by atoms with E-state index in [1.54, 1.807) is 24.5 Å². The molecule has 0 spiro atoms. The average Bonchev–Trinajstić information content (AvgIpc) is 2.92. The summed E-state index contributed by atoms with van der Waals surface area (Å²) in [4.78, 5) is 25.7.